The predicted octanol–water partition coefficient (Wildman–Crippen LogP) is -1.87. The standard InChI is InChI=1S/C51H58N2O13S3.3Na.O3S/c1-50(2)38-11-5-6-12-40(38)52(27-7-9-29-67(56,57)58)44(50)24-19-35-17-15-34-16-18-36(49-47(34)48(35)65-42-23-13-33(14-26-46(54)55)31-43(42)66-49)20-25-45-51(3,4)39-32-37(69(62,63)64)21-22-41(39)53(45)28-8-10-30-68(59,60)61;;;;1-4(2)3/h6,11-13,19-25,31-32,34H,7-10,14-18,26-30H2,1-4H3,(H,54,55)(H,56,57,58)(H,59,60,61)(H,62,63,64);;;;/q;3*+1;/p-2. The number of benzene rings is 3. The zero-order valence-corrected chi connectivity index (χ0v) is 52.9. The fourth-order valence-corrected chi connectivity index (χ4v) is 12.0. The minimum atomic E-state index is -4.79. The maximum Gasteiger partial charge on any atom is 1.00 e. The van der Waals surface area contributed by atoms with Crippen molar-refractivity contribution in [2.75, 3.05) is 29.5 Å². The number of hydrogen-bond acceptors (Lipinski definition) is 15. The van der Waals surface area contributed by atoms with Crippen LogP contribution in [0.1, 0.15) is 102 Å². The number of unbranched alkanes of at least 4 members (excludes halogenated alkanes) is 2. The SMILES string of the molecule is CC1(C)C(/C=C/C2=C3Oc4ccc(CCC(=O)O)cc4OC4=C3C(CC2)CC/C4=C\C=C2\N(CCCCS(=O)(=O)[O-])c3ccc(S(=O)(=O)[O-])cc3C2(C)C)=[N+](CCCCS(=O)(=O)O)c2cc[c-]cc21.O=S(=O)=O.[Na+].[Na+].[Na+]. The van der Waals surface area contributed by atoms with E-state index >= 15 is 0 Å². The number of rotatable bonds is 17. The second-order valence-electron chi connectivity index (χ2n) is 19.5. The van der Waals surface area contributed by atoms with E-state index < -0.39 is 63.5 Å². The van der Waals surface area contributed by atoms with Gasteiger partial charge in [-0.15, -0.1) is 18.7 Å². The summed E-state index contributed by atoms with van der Waals surface area (Å²) in [6, 6.07) is 18.7. The van der Waals surface area contributed by atoms with E-state index in [0.717, 1.165) is 57.8 Å². The quantitative estimate of drug-likeness (QED) is 0.0493. The summed E-state index contributed by atoms with van der Waals surface area (Å²) in [7, 11) is -16.4. The molecule has 1 atom stereocenters. The monoisotopic (exact) mass is 1150 g/mol. The Morgan fingerprint density at radius 3 is 2.16 bits per heavy atom. The van der Waals surface area contributed by atoms with Gasteiger partial charge in [-0.2, -0.15) is 26.6 Å². The molecule has 0 spiro atoms. The number of nitrogens with zero attached hydrogens (tertiary/aromatic N) is 2. The van der Waals surface area contributed by atoms with Crippen molar-refractivity contribution in [3.05, 3.63) is 136 Å². The molecular weight excluding hydrogens is 1090 g/mol. The molecule has 0 aromatic heterocycles. The molecule has 8 rings (SSSR count). The smallest absolute Gasteiger partial charge is 0.748 e. The third kappa shape index (κ3) is 15.8. The molecule has 76 heavy (non-hydrogen) atoms. The first-order chi connectivity index (χ1) is 34.2. The van der Waals surface area contributed by atoms with Crippen LogP contribution < -0.4 is 103 Å². The molecule has 1 unspecified atom stereocenters. The number of allylic oxidation sites excluding steroid dienone is 8. The fourth-order valence-electron chi connectivity index (χ4n) is 10.4. The summed E-state index contributed by atoms with van der Waals surface area (Å²) in [6.45, 7) is 8.95. The summed E-state index contributed by atoms with van der Waals surface area (Å²) in [5.74, 6) is 0.435. The topological polar surface area (TPSA) is 282 Å². The Hall–Kier alpha value is -2.75. The van der Waals surface area contributed by atoms with E-state index in [9.17, 15) is 48.8 Å². The number of aryl methyl sites for hydroxylation is 1. The summed E-state index contributed by atoms with van der Waals surface area (Å²) >= 11 is 0. The van der Waals surface area contributed by atoms with Crippen molar-refractivity contribution in [2.45, 2.75) is 108 Å². The molecule has 0 amide bonds. The van der Waals surface area contributed by atoms with Gasteiger partial charge in [-0.25, -0.2) is 21.4 Å². The molecule has 0 bridgehead atoms. The molecule has 0 saturated heterocycles. The van der Waals surface area contributed by atoms with E-state index in [-0.39, 0.29) is 131 Å². The summed E-state index contributed by atoms with van der Waals surface area (Å²) in [4.78, 5) is 13.2. The maximum atomic E-state index is 12.2. The van der Waals surface area contributed by atoms with Gasteiger partial charge in [0.1, 0.15) is 33.9 Å². The number of carboxylic acids is 1. The van der Waals surface area contributed by atoms with Gasteiger partial charge in [-0.05, 0) is 122 Å². The first kappa shape index (κ1) is 65.8. The average molecular weight is 1150 g/mol. The normalized spacial score (nSPS) is 19.1. The molecule has 2 N–H and O–H groups in total. The molecule has 2 aliphatic carbocycles. The third-order valence-corrected chi connectivity index (χ3v) is 16.3. The largest absolute Gasteiger partial charge is 1.00 e. The Balaban J connectivity index is 0.00000172. The predicted molar refractivity (Wildman–Crippen MR) is 267 cm³/mol. The Labute approximate surface area is 512 Å². The van der Waals surface area contributed by atoms with E-state index in [1.807, 2.05) is 61.2 Å². The van der Waals surface area contributed by atoms with E-state index in [2.05, 4.69) is 36.6 Å². The molecule has 3 aliphatic heterocycles. The Bertz CT molecular complexity index is 3400. The Morgan fingerprint density at radius 2 is 1.50 bits per heavy atom. The summed E-state index contributed by atoms with van der Waals surface area (Å²) in [6.07, 6.45) is 12.5. The van der Waals surface area contributed by atoms with Crippen molar-refractivity contribution in [3.63, 3.8) is 0 Å². The number of ether oxygens (including phenoxy) is 2. The average Bonchev–Trinajstić information content (AvgIpc) is 3.53. The van der Waals surface area contributed by atoms with Gasteiger partial charge in [-0.1, -0.05) is 45.4 Å². The van der Waals surface area contributed by atoms with Crippen molar-refractivity contribution in [1.82, 2.24) is 0 Å². The van der Waals surface area contributed by atoms with Crippen LogP contribution in [0.4, 0.5) is 11.4 Å². The van der Waals surface area contributed by atoms with Crippen molar-refractivity contribution in [1.29, 1.82) is 0 Å². The number of carbonyl (C=O) groups is 1. The van der Waals surface area contributed by atoms with Gasteiger partial charge in [0.25, 0.3) is 10.1 Å². The van der Waals surface area contributed by atoms with Gasteiger partial charge in [0.2, 0.25) is 0 Å². The van der Waals surface area contributed by atoms with Crippen LogP contribution in [-0.2, 0) is 63.0 Å². The van der Waals surface area contributed by atoms with Crippen LogP contribution in [0.25, 0.3) is 0 Å². The molecule has 25 heteroatoms. The van der Waals surface area contributed by atoms with Crippen molar-refractivity contribution < 1.29 is 164 Å². The van der Waals surface area contributed by atoms with Crippen molar-refractivity contribution in [3.8, 4) is 11.5 Å². The van der Waals surface area contributed by atoms with E-state index in [0.29, 0.717) is 73.0 Å². The van der Waals surface area contributed by atoms with Gasteiger partial charge < -0.3 is 28.6 Å². The van der Waals surface area contributed by atoms with Crippen molar-refractivity contribution >= 4 is 64.0 Å². The molecular formula is C51H56N2Na3O16S4+. The summed E-state index contributed by atoms with van der Waals surface area (Å²) < 4.78 is 145. The zero-order chi connectivity index (χ0) is 53.3. The van der Waals surface area contributed by atoms with Crippen LogP contribution in [-0.4, -0.2) is 97.5 Å². The number of hydrogen-bond donors (Lipinski definition) is 2. The van der Waals surface area contributed by atoms with Crippen molar-refractivity contribution in [2.24, 2.45) is 5.92 Å². The summed E-state index contributed by atoms with van der Waals surface area (Å²) in [5.41, 5.74) is 7.25. The molecule has 18 nitrogen and oxygen atoms in total. The molecule has 392 valence electrons. The fraction of sp³-hybridized carbons (Fsp3) is 0.412. The first-order valence-corrected chi connectivity index (χ1v) is 29.2. The molecule has 0 fully saturated rings. The van der Waals surface area contributed by atoms with Gasteiger partial charge in [-0.3, -0.25) is 9.35 Å². The summed E-state index contributed by atoms with van der Waals surface area (Å²) in [5, 5.41) is 9.49. The number of aliphatic carboxylic acids is 1. The second-order valence-corrected chi connectivity index (χ2v) is 24.4. The molecule has 5 aliphatic rings. The Morgan fingerprint density at radius 1 is 0.829 bits per heavy atom. The van der Waals surface area contributed by atoms with Crippen LogP contribution in [0.15, 0.2) is 118 Å². The van der Waals surface area contributed by atoms with Crippen LogP contribution in [0.3, 0.4) is 0 Å². The van der Waals surface area contributed by atoms with Crippen LogP contribution in [0, 0.1) is 12.0 Å². The number of anilines is 1. The van der Waals surface area contributed by atoms with Crippen LogP contribution in [0.2, 0.25) is 0 Å². The van der Waals surface area contributed by atoms with E-state index in [1.54, 1.807) is 12.1 Å². The van der Waals surface area contributed by atoms with Gasteiger partial charge in [0, 0.05) is 59.0 Å². The van der Waals surface area contributed by atoms with Crippen LogP contribution >= 0.6 is 0 Å². The van der Waals surface area contributed by atoms with Gasteiger partial charge in [0.15, 0.2) is 17.2 Å². The molecule has 3 aromatic carbocycles. The molecule has 0 saturated carbocycles. The molecule has 3 aromatic rings. The molecule has 0 radical (unpaired) electrons. The first-order valence-electron chi connectivity index (χ1n) is 23.6. The molecule has 3 heterocycles. The van der Waals surface area contributed by atoms with Gasteiger partial charge in [0.05, 0.1) is 20.8 Å². The number of fused-ring (bicyclic) bond motifs is 3. The Kier molecular flexibility index (Phi) is 23.1. The minimum absolute atomic E-state index is 0. The maximum absolute atomic E-state index is 12.2. The number of carboxylic acid groups (broad SMARTS) is 1. The second kappa shape index (κ2) is 26.7. The minimum Gasteiger partial charge on any atom is -0.748 e. The van der Waals surface area contributed by atoms with Crippen LogP contribution in [0.5, 0.6) is 11.5 Å². The van der Waals surface area contributed by atoms with E-state index in [4.69, 9.17) is 22.1 Å². The van der Waals surface area contributed by atoms with Gasteiger partial charge >= 0.3 is 105 Å². The zero-order valence-electron chi connectivity index (χ0n) is 43.6. The third-order valence-electron chi connectivity index (χ3n) is 13.9. The van der Waals surface area contributed by atoms with E-state index in [1.165, 1.54) is 12.1 Å².